The van der Waals surface area contributed by atoms with Crippen LogP contribution in [-0.4, -0.2) is 24.1 Å². The Labute approximate surface area is 173 Å². The average molecular weight is 404 g/mol. The van der Waals surface area contributed by atoms with Gasteiger partial charge in [-0.05, 0) is 29.8 Å². The standard InChI is InChI=1S/C23H21N3O2S/c24-23(28)17-10-4-5-11-18(17)25-14-22(27)26-19-12-6-7-13-21(19)29-15-20(26)16-8-2-1-3-9-16/h1-13,20,25H,14-15H2,(H2,24,28)/t20-/m1/s1. The number of para-hydroxylation sites is 2. The lowest BCUT2D eigenvalue weighted by molar-refractivity contribution is -0.117. The summed E-state index contributed by atoms with van der Waals surface area (Å²) >= 11 is 1.76. The van der Waals surface area contributed by atoms with Crippen LogP contribution in [0.1, 0.15) is 22.0 Å². The molecule has 3 aromatic rings. The minimum Gasteiger partial charge on any atom is -0.375 e. The van der Waals surface area contributed by atoms with Crippen molar-refractivity contribution in [2.24, 2.45) is 5.73 Å². The van der Waals surface area contributed by atoms with Gasteiger partial charge in [0, 0.05) is 16.3 Å². The van der Waals surface area contributed by atoms with E-state index in [0.29, 0.717) is 11.3 Å². The number of carbonyl (C=O) groups excluding carboxylic acids is 2. The van der Waals surface area contributed by atoms with Crippen LogP contribution in [0.5, 0.6) is 0 Å². The molecule has 5 nitrogen and oxygen atoms in total. The zero-order valence-electron chi connectivity index (χ0n) is 15.7. The molecule has 29 heavy (non-hydrogen) atoms. The lowest BCUT2D eigenvalue weighted by atomic mass is 10.1. The van der Waals surface area contributed by atoms with Gasteiger partial charge in [-0.15, -0.1) is 11.8 Å². The fourth-order valence-electron chi connectivity index (χ4n) is 3.53. The number of carbonyl (C=O) groups is 2. The van der Waals surface area contributed by atoms with Crippen LogP contribution < -0.4 is 16.0 Å². The van der Waals surface area contributed by atoms with Gasteiger partial charge in [0.25, 0.3) is 5.91 Å². The van der Waals surface area contributed by atoms with Crippen molar-refractivity contribution < 1.29 is 9.59 Å². The van der Waals surface area contributed by atoms with E-state index in [-0.39, 0.29) is 18.5 Å². The summed E-state index contributed by atoms with van der Waals surface area (Å²) in [5.41, 5.74) is 8.38. The van der Waals surface area contributed by atoms with Gasteiger partial charge in [0.1, 0.15) is 0 Å². The van der Waals surface area contributed by atoms with Crippen LogP contribution in [0.3, 0.4) is 0 Å². The van der Waals surface area contributed by atoms with E-state index in [1.165, 1.54) is 0 Å². The van der Waals surface area contributed by atoms with E-state index in [4.69, 9.17) is 5.73 Å². The van der Waals surface area contributed by atoms with Gasteiger partial charge in [-0.3, -0.25) is 9.59 Å². The van der Waals surface area contributed by atoms with E-state index >= 15 is 0 Å². The molecule has 1 atom stereocenters. The molecule has 1 aliphatic heterocycles. The van der Waals surface area contributed by atoms with Crippen molar-refractivity contribution in [3.05, 3.63) is 90.0 Å². The number of rotatable bonds is 5. The molecule has 0 aromatic heterocycles. The van der Waals surface area contributed by atoms with Crippen LogP contribution >= 0.6 is 11.8 Å². The second-order valence-electron chi connectivity index (χ2n) is 6.73. The largest absolute Gasteiger partial charge is 0.375 e. The summed E-state index contributed by atoms with van der Waals surface area (Å²) in [6, 6.07) is 24.9. The smallest absolute Gasteiger partial charge is 0.250 e. The van der Waals surface area contributed by atoms with Crippen LogP contribution in [0, 0.1) is 0 Å². The number of anilines is 2. The van der Waals surface area contributed by atoms with Gasteiger partial charge in [0.05, 0.1) is 23.8 Å². The molecule has 4 rings (SSSR count). The third-order valence-corrected chi connectivity index (χ3v) is 6.05. The molecule has 0 fully saturated rings. The summed E-state index contributed by atoms with van der Waals surface area (Å²) in [7, 11) is 0. The van der Waals surface area contributed by atoms with E-state index in [0.717, 1.165) is 21.9 Å². The molecular formula is C23H21N3O2S. The number of hydrogen-bond acceptors (Lipinski definition) is 4. The van der Waals surface area contributed by atoms with Crippen molar-refractivity contribution in [1.82, 2.24) is 0 Å². The average Bonchev–Trinajstić information content (AvgIpc) is 2.77. The van der Waals surface area contributed by atoms with Crippen LogP contribution in [0.25, 0.3) is 0 Å². The van der Waals surface area contributed by atoms with E-state index in [1.807, 2.05) is 47.4 Å². The zero-order valence-corrected chi connectivity index (χ0v) is 16.6. The first-order chi connectivity index (χ1) is 14.1. The molecule has 3 N–H and O–H groups in total. The second kappa shape index (κ2) is 8.41. The second-order valence-corrected chi connectivity index (χ2v) is 7.79. The van der Waals surface area contributed by atoms with Crippen molar-refractivity contribution in [1.29, 1.82) is 0 Å². The van der Waals surface area contributed by atoms with Gasteiger partial charge in [0.15, 0.2) is 0 Å². The Morgan fingerprint density at radius 3 is 2.45 bits per heavy atom. The summed E-state index contributed by atoms with van der Waals surface area (Å²) in [4.78, 5) is 27.9. The fraction of sp³-hybridized carbons (Fsp3) is 0.130. The molecule has 6 heteroatoms. The number of fused-ring (bicyclic) bond motifs is 1. The van der Waals surface area contributed by atoms with Gasteiger partial charge >= 0.3 is 0 Å². The Morgan fingerprint density at radius 2 is 1.66 bits per heavy atom. The molecule has 0 unspecified atom stereocenters. The van der Waals surface area contributed by atoms with Crippen molar-refractivity contribution in [3.8, 4) is 0 Å². The fourth-order valence-corrected chi connectivity index (χ4v) is 4.69. The summed E-state index contributed by atoms with van der Waals surface area (Å²) in [6.45, 7) is 0.0621. The van der Waals surface area contributed by atoms with Crippen LogP contribution in [0.15, 0.2) is 83.8 Å². The van der Waals surface area contributed by atoms with Crippen LogP contribution in [0.2, 0.25) is 0 Å². The SMILES string of the molecule is NC(=O)c1ccccc1NCC(=O)N1c2ccccc2SC[C@@H]1c1ccccc1. The van der Waals surface area contributed by atoms with Crippen LogP contribution in [0.4, 0.5) is 11.4 Å². The number of thioether (sulfide) groups is 1. The first-order valence-electron chi connectivity index (χ1n) is 9.36. The normalized spacial score (nSPS) is 15.4. The number of hydrogen-bond donors (Lipinski definition) is 2. The Kier molecular flexibility index (Phi) is 5.53. The Balaban J connectivity index is 1.63. The summed E-state index contributed by atoms with van der Waals surface area (Å²) in [5, 5.41) is 3.10. The Hall–Kier alpha value is -3.25. The molecule has 0 radical (unpaired) electrons. The molecular weight excluding hydrogens is 382 g/mol. The maximum absolute atomic E-state index is 13.3. The zero-order chi connectivity index (χ0) is 20.2. The highest BCUT2D eigenvalue weighted by Crippen LogP contribution is 2.43. The van der Waals surface area contributed by atoms with Gasteiger partial charge in [-0.25, -0.2) is 0 Å². The number of nitrogens with two attached hydrogens (primary N) is 1. The molecule has 0 saturated heterocycles. The topological polar surface area (TPSA) is 75.4 Å². The van der Waals surface area contributed by atoms with Crippen molar-refractivity contribution >= 4 is 35.0 Å². The van der Waals surface area contributed by atoms with Gasteiger partial charge in [-0.2, -0.15) is 0 Å². The molecule has 146 valence electrons. The number of primary amides is 1. The maximum atomic E-state index is 13.3. The maximum Gasteiger partial charge on any atom is 0.250 e. The molecule has 2 amide bonds. The number of nitrogens with one attached hydrogen (secondary N) is 1. The molecule has 0 bridgehead atoms. The first-order valence-corrected chi connectivity index (χ1v) is 10.4. The van der Waals surface area contributed by atoms with E-state index in [9.17, 15) is 9.59 Å². The lowest BCUT2D eigenvalue weighted by Crippen LogP contribution is -2.41. The molecule has 1 aliphatic rings. The quantitative estimate of drug-likeness (QED) is 0.673. The van der Waals surface area contributed by atoms with Crippen molar-refractivity contribution in [3.63, 3.8) is 0 Å². The molecule has 0 spiro atoms. The molecule has 1 heterocycles. The minimum atomic E-state index is -0.526. The molecule has 0 aliphatic carbocycles. The van der Waals surface area contributed by atoms with Crippen molar-refractivity contribution in [2.45, 2.75) is 10.9 Å². The highest BCUT2D eigenvalue weighted by molar-refractivity contribution is 7.99. The summed E-state index contributed by atoms with van der Waals surface area (Å²) in [6.07, 6.45) is 0. The third-order valence-electron chi connectivity index (χ3n) is 4.91. The van der Waals surface area contributed by atoms with Gasteiger partial charge < -0.3 is 16.0 Å². The number of amides is 2. The summed E-state index contributed by atoms with van der Waals surface area (Å²) < 4.78 is 0. The highest BCUT2D eigenvalue weighted by atomic mass is 32.2. The van der Waals surface area contributed by atoms with E-state index < -0.39 is 5.91 Å². The Bertz CT molecular complexity index is 1040. The molecule has 3 aromatic carbocycles. The predicted molar refractivity (Wildman–Crippen MR) is 117 cm³/mol. The Morgan fingerprint density at radius 1 is 0.966 bits per heavy atom. The highest BCUT2D eigenvalue weighted by Gasteiger charge is 2.32. The van der Waals surface area contributed by atoms with E-state index in [2.05, 4.69) is 17.4 Å². The summed E-state index contributed by atoms with van der Waals surface area (Å²) in [5.74, 6) is 0.193. The minimum absolute atomic E-state index is 0.0585. The number of nitrogens with zero attached hydrogens (tertiary/aromatic N) is 1. The lowest BCUT2D eigenvalue weighted by Gasteiger charge is -2.37. The van der Waals surface area contributed by atoms with Crippen molar-refractivity contribution in [2.75, 3.05) is 22.5 Å². The molecule has 0 saturated carbocycles. The predicted octanol–water partition coefficient (Wildman–Crippen LogP) is 4.08. The van der Waals surface area contributed by atoms with Gasteiger partial charge in [-0.1, -0.05) is 54.6 Å². The van der Waals surface area contributed by atoms with E-state index in [1.54, 1.807) is 36.0 Å². The number of benzene rings is 3. The monoisotopic (exact) mass is 403 g/mol. The third kappa shape index (κ3) is 3.98. The van der Waals surface area contributed by atoms with Gasteiger partial charge in [0.2, 0.25) is 5.91 Å². The van der Waals surface area contributed by atoms with Crippen LogP contribution in [-0.2, 0) is 4.79 Å². The first kappa shape index (κ1) is 19.1.